The highest BCUT2D eigenvalue weighted by Gasteiger charge is 2.31. The third-order valence-electron chi connectivity index (χ3n) is 4.70. The van der Waals surface area contributed by atoms with E-state index < -0.39 is 11.7 Å². The molecule has 1 N–H and O–H groups in total. The van der Waals surface area contributed by atoms with Gasteiger partial charge in [-0.05, 0) is 43.9 Å². The van der Waals surface area contributed by atoms with Crippen molar-refractivity contribution >= 4 is 17.4 Å². The second kappa shape index (κ2) is 8.53. The topological polar surface area (TPSA) is 56.3 Å². The molecule has 28 heavy (non-hydrogen) atoms. The van der Waals surface area contributed by atoms with Crippen molar-refractivity contribution in [2.75, 3.05) is 19.0 Å². The van der Waals surface area contributed by atoms with Crippen molar-refractivity contribution in [1.82, 2.24) is 9.97 Å². The molecule has 0 radical (unpaired) electrons. The van der Waals surface area contributed by atoms with Crippen LogP contribution >= 0.6 is 11.6 Å². The standard InChI is InChI=1S/C19H21ClF3N3O2/c1-11-16(20)25-18(27-2)26-17(11)24-10-14-4-3-5-15(28-14)12-6-8-13(9-7-12)19(21,22)23/h6-9,14-15H,3-5,10H2,1-2H3,(H,24,25,26)/t14-,15+/m1/s1. The molecule has 1 saturated heterocycles. The van der Waals surface area contributed by atoms with Crippen LogP contribution in [0.25, 0.3) is 0 Å². The van der Waals surface area contributed by atoms with Gasteiger partial charge in [0.2, 0.25) is 0 Å². The van der Waals surface area contributed by atoms with Gasteiger partial charge in [-0.25, -0.2) is 0 Å². The van der Waals surface area contributed by atoms with Gasteiger partial charge in [0.05, 0.1) is 24.9 Å². The molecule has 0 bridgehead atoms. The summed E-state index contributed by atoms with van der Waals surface area (Å²) in [5.74, 6) is 0.567. The monoisotopic (exact) mass is 415 g/mol. The molecule has 0 aliphatic carbocycles. The van der Waals surface area contributed by atoms with Crippen LogP contribution < -0.4 is 10.1 Å². The number of anilines is 1. The summed E-state index contributed by atoms with van der Waals surface area (Å²) in [6, 6.07) is 5.34. The summed E-state index contributed by atoms with van der Waals surface area (Å²) in [6.07, 6.45) is -2.12. The fraction of sp³-hybridized carbons (Fsp3) is 0.474. The van der Waals surface area contributed by atoms with E-state index in [1.54, 1.807) is 6.92 Å². The predicted octanol–water partition coefficient (Wildman–Crippen LogP) is 5.19. The molecule has 1 aliphatic rings. The van der Waals surface area contributed by atoms with Crippen molar-refractivity contribution in [2.45, 2.75) is 44.6 Å². The number of hydrogen-bond acceptors (Lipinski definition) is 5. The number of rotatable bonds is 5. The lowest BCUT2D eigenvalue weighted by Crippen LogP contribution is -2.29. The van der Waals surface area contributed by atoms with Crippen LogP contribution in [0.1, 0.15) is 42.1 Å². The molecule has 152 valence electrons. The summed E-state index contributed by atoms with van der Waals surface area (Å²) in [7, 11) is 1.46. The molecular weight excluding hydrogens is 395 g/mol. The lowest BCUT2D eigenvalue weighted by molar-refractivity contribution is -0.137. The molecular formula is C19H21ClF3N3O2. The van der Waals surface area contributed by atoms with E-state index in [1.807, 2.05) is 0 Å². The lowest BCUT2D eigenvalue weighted by atomic mass is 9.97. The van der Waals surface area contributed by atoms with Crippen LogP contribution in [0.2, 0.25) is 5.15 Å². The van der Waals surface area contributed by atoms with Gasteiger partial charge < -0.3 is 14.8 Å². The third-order valence-corrected chi connectivity index (χ3v) is 5.07. The Morgan fingerprint density at radius 3 is 2.57 bits per heavy atom. The van der Waals surface area contributed by atoms with E-state index in [0.717, 1.165) is 37.0 Å². The van der Waals surface area contributed by atoms with Gasteiger partial charge >= 0.3 is 12.2 Å². The minimum Gasteiger partial charge on any atom is -0.467 e. The number of methoxy groups -OCH3 is 1. The number of hydrogen-bond donors (Lipinski definition) is 1. The summed E-state index contributed by atoms with van der Waals surface area (Å²) >= 11 is 6.08. The van der Waals surface area contributed by atoms with Crippen LogP contribution in [0.15, 0.2) is 24.3 Å². The van der Waals surface area contributed by atoms with Crippen LogP contribution in [0.4, 0.5) is 19.0 Å². The number of halogens is 4. The first-order valence-corrected chi connectivity index (χ1v) is 9.30. The van der Waals surface area contributed by atoms with Gasteiger partial charge in [0, 0.05) is 12.1 Å². The van der Waals surface area contributed by atoms with Crippen LogP contribution in [0.3, 0.4) is 0 Å². The average Bonchev–Trinajstić information content (AvgIpc) is 2.68. The number of aromatic nitrogens is 2. The van der Waals surface area contributed by atoms with Crippen LogP contribution in [-0.4, -0.2) is 29.7 Å². The average molecular weight is 416 g/mol. The van der Waals surface area contributed by atoms with E-state index >= 15 is 0 Å². The molecule has 1 aliphatic heterocycles. The molecule has 5 nitrogen and oxygen atoms in total. The Morgan fingerprint density at radius 1 is 1.21 bits per heavy atom. The van der Waals surface area contributed by atoms with Gasteiger partial charge in [0.1, 0.15) is 11.0 Å². The highest BCUT2D eigenvalue weighted by atomic mass is 35.5. The first-order chi connectivity index (χ1) is 13.3. The summed E-state index contributed by atoms with van der Waals surface area (Å²) in [4.78, 5) is 8.26. The Labute approximate surface area is 166 Å². The van der Waals surface area contributed by atoms with Gasteiger partial charge in [0.15, 0.2) is 0 Å². The Hall–Kier alpha value is -2.06. The quantitative estimate of drug-likeness (QED) is 0.681. The zero-order valence-electron chi connectivity index (χ0n) is 15.5. The van der Waals surface area contributed by atoms with E-state index in [4.69, 9.17) is 21.1 Å². The van der Waals surface area contributed by atoms with Gasteiger partial charge in [0.25, 0.3) is 0 Å². The number of nitrogens with one attached hydrogen (secondary N) is 1. The van der Waals surface area contributed by atoms with Crippen LogP contribution in [-0.2, 0) is 10.9 Å². The molecule has 2 heterocycles. The highest BCUT2D eigenvalue weighted by molar-refractivity contribution is 6.30. The zero-order valence-corrected chi connectivity index (χ0v) is 16.3. The molecule has 0 spiro atoms. The maximum Gasteiger partial charge on any atom is 0.416 e. The second-order valence-corrected chi connectivity index (χ2v) is 7.01. The van der Waals surface area contributed by atoms with Gasteiger partial charge in [-0.15, -0.1) is 0 Å². The van der Waals surface area contributed by atoms with Gasteiger partial charge in [-0.3, -0.25) is 0 Å². The SMILES string of the molecule is COc1nc(Cl)c(C)c(NC[C@H]2CCC[C@@H](c3ccc(C(F)(F)F)cc3)O2)n1. The molecule has 9 heteroatoms. The van der Waals surface area contributed by atoms with Gasteiger partial charge in [-0.1, -0.05) is 23.7 Å². The second-order valence-electron chi connectivity index (χ2n) is 6.65. The lowest BCUT2D eigenvalue weighted by Gasteiger charge is -2.31. The fourth-order valence-electron chi connectivity index (χ4n) is 3.13. The smallest absolute Gasteiger partial charge is 0.416 e. The van der Waals surface area contributed by atoms with E-state index in [0.29, 0.717) is 23.1 Å². The minimum atomic E-state index is -4.34. The molecule has 0 saturated carbocycles. The van der Waals surface area contributed by atoms with Gasteiger partial charge in [-0.2, -0.15) is 23.1 Å². The van der Waals surface area contributed by atoms with Crippen molar-refractivity contribution in [3.05, 3.63) is 46.1 Å². The summed E-state index contributed by atoms with van der Waals surface area (Å²) in [6.45, 7) is 2.30. The first-order valence-electron chi connectivity index (χ1n) is 8.92. The van der Waals surface area contributed by atoms with Crippen LogP contribution in [0, 0.1) is 6.92 Å². The van der Waals surface area contributed by atoms with E-state index in [-0.39, 0.29) is 18.2 Å². The summed E-state index contributed by atoms with van der Waals surface area (Å²) in [5.41, 5.74) is 0.800. The maximum absolute atomic E-state index is 12.7. The molecule has 1 aromatic heterocycles. The molecule has 2 aromatic rings. The van der Waals surface area contributed by atoms with Crippen molar-refractivity contribution in [3.8, 4) is 6.01 Å². The number of alkyl halides is 3. The Kier molecular flexibility index (Phi) is 6.30. The normalized spacial score (nSPS) is 20.1. The highest BCUT2D eigenvalue weighted by Crippen LogP contribution is 2.34. The molecule has 0 amide bonds. The first kappa shape index (κ1) is 20.7. The van der Waals surface area contributed by atoms with Crippen molar-refractivity contribution in [1.29, 1.82) is 0 Å². The third kappa shape index (κ3) is 4.86. The molecule has 1 aromatic carbocycles. The van der Waals surface area contributed by atoms with E-state index in [9.17, 15) is 13.2 Å². The minimum absolute atomic E-state index is 0.0971. The molecule has 0 unspecified atom stereocenters. The number of nitrogens with zero attached hydrogens (tertiary/aromatic N) is 2. The molecule has 1 fully saturated rings. The Morgan fingerprint density at radius 2 is 1.93 bits per heavy atom. The van der Waals surface area contributed by atoms with E-state index in [2.05, 4.69) is 15.3 Å². The predicted molar refractivity (Wildman–Crippen MR) is 99.7 cm³/mol. The van der Waals surface area contributed by atoms with Crippen LogP contribution in [0.5, 0.6) is 6.01 Å². The summed E-state index contributed by atoms with van der Waals surface area (Å²) < 4.78 is 49.3. The summed E-state index contributed by atoms with van der Waals surface area (Å²) in [5, 5.41) is 3.52. The number of ether oxygens (including phenoxy) is 2. The molecule has 3 rings (SSSR count). The zero-order chi connectivity index (χ0) is 20.3. The van der Waals surface area contributed by atoms with E-state index in [1.165, 1.54) is 19.2 Å². The van der Waals surface area contributed by atoms with Crippen molar-refractivity contribution in [3.63, 3.8) is 0 Å². The Balaban J connectivity index is 1.63. The fourth-order valence-corrected chi connectivity index (χ4v) is 3.29. The Bertz CT molecular complexity index is 815. The maximum atomic E-state index is 12.7. The molecule has 2 atom stereocenters. The number of benzene rings is 1. The van der Waals surface area contributed by atoms with Crippen molar-refractivity contribution < 1.29 is 22.6 Å². The largest absolute Gasteiger partial charge is 0.467 e. The van der Waals surface area contributed by atoms with Crippen molar-refractivity contribution in [2.24, 2.45) is 0 Å².